The van der Waals surface area contributed by atoms with E-state index in [4.69, 9.17) is 11.5 Å². The Morgan fingerprint density at radius 2 is 1.33 bits per heavy atom. The lowest BCUT2D eigenvalue weighted by Gasteiger charge is -2.00. The highest BCUT2D eigenvalue weighted by molar-refractivity contribution is 7.64. The fourth-order valence-electron chi connectivity index (χ4n) is 1.04. The van der Waals surface area contributed by atoms with Crippen molar-refractivity contribution in [3.05, 3.63) is 24.6 Å². The molecule has 1 rings (SSSR count). The Morgan fingerprint density at radius 3 is 1.60 bits per heavy atom. The summed E-state index contributed by atoms with van der Waals surface area (Å²) >= 11 is 0. The third-order valence-corrected chi connectivity index (χ3v) is 5.52. The topological polar surface area (TPSA) is 86.2 Å². The van der Waals surface area contributed by atoms with Crippen LogP contribution in [-0.4, -0.2) is 22.4 Å². The Balaban J connectivity index is 2.30. The van der Waals surface area contributed by atoms with Gasteiger partial charge in [-0.1, -0.05) is 13.2 Å². The number of carbonyl (C=O) groups is 2. The fraction of sp³-hybridized carbons (Fsp3) is 0.333. The van der Waals surface area contributed by atoms with Gasteiger partial charge in [0.25, 0.3) is 0 Å². The molecule has 0 aromatic carbocycles. The van der Waals surface area contributed by atoms with Crippen LogP contribution < -0.4 is 11.5 Å². The van der Waals surface area contributed by atoms with Crippen molar-refractivity contribution >= 4 is 28.2 Å². The van der Waals surface area contributed by atoms with E-state index in [1.54, 1.807) is 0 Å². The fourth-order valence-corrected chi connectivity index (χ4v) is 3.96. The van der Waals surface area contributed by atoms with Gasteiger partial charge in [0.15, 0.2) is 11.0 Å². The van der Waals surface area contributed by atoms with Crippen LogP contribution in [0.1, 0.15) is 6.42 Å². The number of hydrogen-bond donors (Lipinski definition) is 2. The van der Waals surface area contributed by atoms with Crippen molar-refractivity contribution in [3.63, 3.8) is 0 Å². The van der Waals surface area contributed by atoms with Gasteiger partial charge in [-0.05, 0) is 34.9 Å². The van der Waals surface area contributed by atoms with E-state index in [0.717, 1.165) is 6.42 Å². The molecule has 0 radical (unpaired) electrons. The summed E-state index contributed by atoms with van der Waals surface area (Å²) in [6.45, 7) is 6.77. The van der Waals surface area contributed by atoms with Crippen molar-refractivity contribution in [2.24, 2.45) is 11.5 Å². The Labute approximate surface area is 92.1 Å². The van der Waals surface area contributed by atoms with Crippen molar-refractivity contribution in [2.75, 3.05) is 0 Å². The molecule has 4 N–H and O–H groups in total. The van der Waals surface area contributed by atoms with Gasteiger partial charge in [-0.15, -0.1) is 0 Å². The standard InChI is InChI=1S/C9H14N2O2P2/c1-4(10)8(12)14-6-3-7(6)15-9(13)5(2)11/h6-7,14-15H,1-3,10-11H2. The molecule has 1 saturated carbocycles. The lowest BCUT2D eigenvalue weighted by molar-refractivity contribution is -0.109. The van der Waals surface area contributed by atoms with Crippen LogP contribution in [0.3, 0.4) is 0 Å². The number of hydrogen-bond acceptors (Lipinski definition) is 4. The van der Waals surface area contributed by atoms with Gasteiger partial charge in [-0.25, -0.2) is 0 Å². The number of nitrogens with two attached hydrogens (primary N) is 2. The van der Waals surface area contributed by atoms with E-state index in [-0.39, 0.29) is 39.6 Å². The zero-order valence-electron chi connectivity index (χ0n) is 8.25. The molecule has 0 heterocycles. The molecule has 0 bridgehead atoms. The molecule has 0 aromatic heterocycles. The molecule has 0 aliphatic heterocycles. The van der Waals surface area contributed by atoms with Crippen molar-refractivity contribution in [3.8, 4) is 0 Å². The van der Waals surface area contributed by atoms with Crippen molar-refractivity contribution < 1.29 is 9.59 Å². The first kappa shape index (κ1) is 12.4. The maximum absolute atomic E-state index is 11.2. The predicted octanol–water partition coefficient (Wildman–Crippen LogP) is 0.482. The Morgan fingerprint density at radius 1 is 1.00 bits per heavy atom. The largest absolute Gasteiger partial charge is 0.396 e. The van der Waals surface area contributed by atoms with Crippen LogP contribution in [0.5, 0.6) is 0 Å². The van der Waals surface area contributed by atoms with Gasteiger partial charge in [0.05, 0.1) is 11.4 Å². The molecule has 0 aromatic rings. The maximum Gasteiger partial charge on any atom is 0.196 e. The van der Waals surface area contributed by atoms with E-state index in [1.165, 1.54) is 0 Å². The molecule has 1 fully saturated rings. The van der Waals surface area contributed by atoms with Crippen LogP contribution in [0.25, 0.3) is 0 Å². The summed E-state index contributed by atoms with van der Waals surface area (Å²) in [6.07, 6.45) is 0.912. The molecule has 4 atom stereocenters. The first-order valence-corrected chi connectivity index (χ1v) is 6.57. The Bertz CT molecular complexity index is 309. The van der Waals surface area contributed by atoms with E-state index >= 15 is 0 Å². The molecule has 0 spiro atoms. The average Bonchev–Trinajstić information content (AvgIpc) is 2.83. The molecular weight excluding hydrogens is 230 g/mol. The van der Waals surface area contributed by atoms with E-state index in [1.807, 2.05) is 0 Å². The summed E-state index contributed by atoms with van der Waals surface area (Å²) in [5.41, 5.74) is 11.2. The lowest BCUT2D eigenvalue weighted by Crippen LogP contribution is -2.07. The van der Waals surface area contributed by atoms with Gasteiger partial charge in [0.2, 0.25) is 0 Å². The highest BCUT2D eigenvalue weighted by Gasteiger charge is 2.40. The van der Waals surface area contributed by atoms with Crippen LogP contribution in [0.2, 0.25) is 0 Å². The average molecular weight is 244 g/mol. The van der Waals surface area contributed by atoms with Gasteiger partial charge in [-0.2, -0.15) is 0 Å². The minimum Gasteiger partial charge on any atom is -0.396 e. The summed E-state index contributed by atoms with van der Waals surface area (Å²) in [5.74, 6) is 0. The van der Waals surface area contributed by atoms with E-state index in [9.17, 15) is 9.59 Å². The molecule has 6 heteroatoms. The Hall–Kier alpha value is -0.720. The molecule has 4 nitrogen and oxygen atoms in total. The highest BCUT2D eigenvalue weighted by atomic mass is 31.1. The minimum atomic E-state index is -0.0914. The minimum absolute atomic E-state index is 0.0914. The summed E-state index contributed by atoms with van der Waals surface area (Å²) in [5, 5.41) is 0. The molecule has 1 aliphatic carbocycles. The SMILES string of the molecule is C=C(N)C(=O)PC1CC1PC(=O)C(=C)N. The summed E-state index contributed by atoms with van der Waals surface area (Å²) in [7, 11) is 0.296. The molecule has 15 heavy (non-hydrogen) atoms. The predicted molar refractivity (Wildman–Crippen MR) is 65.5 cm³/mol. The molecule has 1 aliphatic rings. The maximum atomic E-state index is 11.2. The zero-order valence-corrected chi connectivity index (χ0v) is 10.2. The highest BCUT2D eigenvalue weighted by Crippen LogP contribution is 2.51. The van der Waals surface area contributed by atoms with Gasteiger partial charge < -0.3 is 11.5 Å². The van der Waals surface area contributed by atoms with Gasteiger partial charge in [-0.3, -0.25) is 9.59 Å². The molecule has 0 amide bonds. The van der Waals surface area contributed by atoms with Crippen LogP contribution in [0.15, 0.2) is 24.6 Å². The molecular formula is C9H14N2O2P2. The lowest BCUT2D eigenvalue weighted by atomic mass is 10.6. The van der Waals surface area contributed by atoms with Crippen LogP contribution in [0, 0.1) is 0 Å². The van der Waals surface area contributed by atoms with Crippen LogP contribution in [-0.2, 0) is 9.59 Å². The smallest absolute Gasteiger partial charge is 0.196 e. The summed E-state index contributed by atoms with van der Waals surface area (Å²) < 4.78 is 0. The zero-order chi connectivity index (χ0) is 11.6. The Kier molecular flexibility index (Phi) is 4.01. The van der Waals surface area contributed by atoms with E-state index in [0.29, 0.717) is 11.3 Å². The number of allylic oxidation sites excluding steroid dienone is 2. The quantitative estimate of drug-likeness (QED) is 0.525. The second-order valence-corrected chi connectivity index (χ2v) is 6.41. The number of rotatable bonds is 6. The van der Waals surface area contributed by atoms with Crippen molar-refractivity contribution in [1.29, 1.82) is 0 Å². The van der Waals surface area contributed by atoms with Gasteiger partial charge >= 0.3 is 0 Å². The summed E-state index contributed by atoms with van der Waals surface area (Å²) in [4.78, 5) is 22.4. The monoisotopic (exact) mass is 244 g/mol. The van der Waals surface area contributed by atoms with Gasteiger partial charge in [0, 0.05) is 0 Å². The van der Waals surface area contributed by atoms with Crippen molar-refractivity contribution in [1.82, 2.24) is 0 Å². The van der Waals surface area contributed by atoms with E-state index < -0.39 is 0 Å². The van der Waals surface area contributed by atoms with Crippen LogP contribution in [0.4, 0.5) is 0 Å². The number of carbonyl (C=O) groups excluding carboxylic acids is 2. The van der Waals surface area contributed by atoms with Gasteiger partial charge in [0.1, 0.15) is 0 Å². The molecule has 82 valence electrons. The van der Waals surface area contributed by atoms with E-state index in [2.05, 4.69) is 13.2 Å². The third kappa shape index (κ3) is 3.73. The summed E-state index contributed by atoms with van der Waals surface area (Å²) in [6, 6.07) is 0. The second-order valence-electron chi connectivity index (χ2n) is 3.45. The normalized spacial score (nSPS) is 24.8. The van der Waals surface area contributed by atoms with Crippen molar-refractivity contribution in [2.45, 2.75) is 17.7 Å². The van der Waals surface area contributed by atoms with Crippen LogP contribution >= 0.6 is 17.2 Å². The first-order chi connectivity index (χ1) is 6.91. The molecule has 0 saturated heterocycles. The first-order valence-electron chi connectivity index (χ1n) is 4.42. The third-order valence-electron chi connectivity index (χ3n) is 2.01. The second kappa shape index (κ2) is 4.87. The molecule has 4 unspecified atom stereocenters.